The monoisotopic (exact) mass is 328 g/mol. The Balaban J connectivity index is 1.51. The van der Waals surface area contributed by atoms with Gasteiger partial charge < -0.3 is 14.0 Å². The lowest BCUT2D eigenvalue weighted by Gasteiger charge is -2.23. The van der Waals surface area contributed by atoms with Crippen molar-refractivity contribution in [1.29, 1.82) is 0 Å². The van der Waals surface area contributed by atoms with Gasteiger partial charge in [-0.05, 0) is 41.6 Å². The van der Waals surface area contributed by atoms with Gasteiger partial charge in [0.1, 0.15) is 18.1 Å². The van der Waals surface area contributed by atoms with E-state index in [1.807, 2.05) is 24.3 Å². The van der Waals surface area contributed by atoms with E-state index in [1.54, 1.807) is 18.4 Å². The molecule has 4 rings (SSSR count). The van der Waals surface area contributed by atoms with Crippen LogP contribution in [0.2, 0.25) is 0 Å². The molecule has 0 radical (unpaired) electrons. The van der Waals surface area contributed by atoms with Crippen LogP contribution >= 0.6 is 11.3 Å². The predicted octanol–water partition coefficient (Wildman–Crippen LogP) is 3.45. The molecule has 2 aromatic heterocycles. The number of nitrogens with zero attached hydrogens (tertiary/aromatic N) is 2. The molecule has 0 spiro atoms. The first-order valence-corrected chi connectivity index (χ1v) is 8.34. The molecule has 0 saturated carbocycles. The molecule has 0 N–H and O–H groups in total. The van der Waals surface area contributed by atoms with Crippen molar-refractivity contribution in [3.8, 4) is 11.5 Å². The summed E-state index contributed by atoms with van der Waals surface area (Å²) >= 11 is 1.70. The van der Waals surface area contributed by atoms with Crippen molar-refractivity contribution in [3.05, 3.63) is 57.9 Å². The highest BCUT2D eigenvalue weighted by Crippen LogP contribution is 2.34. The summed E-state index contributed by atoms with van der Waals surface area (Å²) in [6.07, 6.45) is 1.52. The lowest BCUT2D eigenvalue weighted by molar-refractivity contribution is 0.229. The second kappa shape index (κ2) is 6.04. The molecule has 1 atom stereocenters. The number of aromatic nitrogens is 2. The molecule has 0 fully saturated rings. The molecule has 3 aromatic rings. The number of benzene rings is 1. The van der Waals surface area contributed by atoms with Crippen molar-refractivity contribution in [2.45, 2.75) is 18.8 Å². The standard InChI is InChI=1S/C17H16N2O3S/c1-20-13-4-5-15-11(8-13)7-12(10-21-15)17-18-16(19-22-17)9-14-3-2-6-23-14/h2-6,8,12H,7,9-10H2,1H3. The maximum atomic E-state index is 5.82. The number of ether oxygens (including phenoxy) is 2. The van der Waals surface area contributed by atoms with Crippen LogP contribution in [0.25, 0.3) is 0 Å². The van der Waals surface area contributed by atoms with Gasteiger partial charge in [0.05, 0.1) is 13.0 Å². The van der Waals surface area contributed by atoms with E-state index in [-0.39, 0.29) is 5.92 Å². The molecule has 1 unspecified atom stereocenters. The number of methoxy groups -OCH3 is 1. The highest BCUT2D eigenvalue weighted by atomic mass is 32.1. The van der Waals surface area contributed by atoms with E-state index < -0.39 is 0 Å². The van der Waals surface area contributed by atoms with Crippen molar-refractivity contribution in [2.75, 3.05) is 13.7 Å². The van der Waals surface area contributed by atoms with Gasteiger partial charge in [-0.3, -0.25) is 0 Å². The first kappa shape index (κ1) is 14.3. The quantitative estimate of drug-likeness (QED) is 0.734. The van der Waals surface area contributed by atoms with Gasteiger partial charge in [0.15, 0.2) is 5.82 Å². The summed E-state index contributed by atoms with van der Waals surface area (Å²) in [6, 6.07) is 9.96. The predicted molar refractivity (Wildman–Crippen MR) is 86.4 cm³/mol. The highest BCUT2D eigenvalue weighted by molar-refractivity contribution is 7.09. The van der Waals surface area contributed by atoms with Crippen LogP contribution in [0.4, 0.5) is 0 Å². The summed E-state index contributed by atoms with van der Waals surface area (Å²) in [5.74, 6) is 3.18. The number of hydrogen-bond donors (Lipinski definition) is 0. The summed E-state index contributed by atoms with van der Waals surface area (Å²) in [6.45, 7) is 0.556. The van der Waals surface area contributed by atoms with Gasteiger partial charge in [0.2, 0.25) is 5.89 Å². The molecule has 118 valence electrons. The van der Waals surface area contributed by atoms with Gasteiger partial charge in [-0.1, -0.05) is 11.2 Å². The molecule has 23 heavy (non-hydrogen) atoms. The number of hydrogen-bond acceptors (Lipinski definition) is 6. The molecule has 5 nitrogen and oxygen atoms in total. The Morgan fingerprint density at radius 1 is 1.35 bits per heavy atom. The van der Waals surface area contributed by atoms with Gasteiger partial charge in [-0.15, -0.1) is 11.3 Å². The second-order valence-corrected chi connectivity index (χ2v) is 6.52. The van der Waals surface area contributed by atoms with Crippen LogP contribution < -0.4 is 9.47 Å². The van der Waals surface area contributed by atoms with E-state index in [9.17, 15) is 0 Å². The van der Waals surface area contributed by atoms with Gasteiger partial charge in [0, 0.05) is 11.3 Å². The molecule has 1 aliphatic rings. The first-order valence-electron chi connectivity index (χ1n) is 7.46. The smallest absolute Gasteiger partial charge is 0.233 e. The van der Waals surface area contributed by atoms with Gasteiger partial charge >= 0.3 is 0 Å². The van der Waals surface area contributed by atoms with E-state index in [0.717, 1.165) is 29.3 Å². The minimum Gasteiger partial charge on any atom is -0.497 e. The SMILES string of the molecule is COc1ccc2c(c1)CC(c1nc(Cc3cccs3)no1)CO2. The summed E-state index contributed by atoms with van der Waals surface area (Å²) < 4.78 is 16.6. The molecule has 1 aromatic carbocycles. The average Bonchev–Trinajstić information content (AvgIpc) is 3.26. The molecular formula is C17H16N2O3S. The first-order chi connectivity index (χ1) is 11.3. The van der Waals surface area contributed by atoms with Crippen LogP contribution in [-0.2, 0) is 12.8 Å². The zero-order valence-electron chi connectivity index (χ0n) is 12.7. The Labute approximate surface area is 137 Å². The lowest BCUT2D eigenvalue weighted by atomic mass is 9.96. The second-order valence-electron chi connectivity index (χ2n) is 5.49. The van der Waals surface area contributed by atoms with Gasteiger partial charge in [-0.25, -0.2) is 0 Å². The number of fused-ring (bicyclic) bond motifs is 1. The van der Waals surface area contributed by atoms with Crippen LogP contribution in [-0.4, -0.2) is 23.9 Å². The normalized spacial score (nSPS) is 16.7. The Bertz CT molecular complexity index is 798. The Kier molecular flexibility index (Phi) is 3.75. The number of rotatable bonds is 4. The van der Waals surface area contributed by atoms with Crippen molar-refractivity contribution < 1.29 is 14.0 Å². The van der Waals surface area contributed by atoms with Crippen LogP contribution in [0.3, 0.4) is 0 Å². The molecule has 0 aliphatic carbocycles. The molecule has 6 heteroatoms. The third-order valence-corrected chi connectivity index (χ3v) is 4.80. The van der Waals surface area contributed by atoms with E-state index in [4.69, 9.17) is 14.0 Å². The maximum absolute atomic E-state index is 5.82. The summed E-state index contributed by atoms with van der Waals surface area (Å²) in [5, 5.41) is 6.15. The lowest BCUT2D eigenvalue weighted by Crippen LogP contribution is -2.19. The van der Waals surface area contributed by atoms with Crippen LogP contribution in [0.5, 0.6) is 11.5 Å². The molecular weight excluding hydrogens is 312 g/mol. The molecule has 0 bridgehead atoms. The Morgan fingerprint density at radius 3 is 3.13 bits per heavy atom. The topological polar surface area (TPSA) is 57.4 Å². The van der Waals surface area contributed by atoms with Crippen LogP contribution in [0.1, 0.15) is 28.1 Å². The number of thiophene rings is 1. The molecule has 3 heterocycles. The fourth-order valence-electron chi connectivity index (χ4n) is 2.73. The average molecular weight is 328 g/mol. The van der Waals surface area contributed by atoms with E-state index >= 15 is 0 Å². The molecule has 0 amide bonds. The van der Waals surface area contributed by atoms with Crippen molar-refractivity contribution in [2.24, 2.45) is 0 Å². The fourth-order valence-corrected chi connectivity index (χ4v) is 3.43. The zero-order valence-corrected chi connectivity index (χ0v) is 13.5. The minimum absolute atomic E-state index is 0.0826. The largest absolute Gasteiger partial charge is 0.497 e. The van der Waals surface area contributed by atoms with Crippen LogP contribution in [0.15, 0.2) is 40.2 Å². The Morgan fingerprint density at radius 2 is 2.30 bits per heavy atom. The van der Waals surface area contributed by atoms with E-state index in [1.165, 1.54) is 4.88 Å². The minimum atomic E-state index is 0.0826. The fraction of sp³-hybridized carbons (Fsp3) is 0.294. The van der Waals surface area contributed by atoms with E-state index in [2.05, 4.69) is 21.6 Å². The molecule has 1 aliphatic heterocycles. The Hall–Kier alpha value is -2.34. The van der Waals surface area contributed by atoms with Gasteiger partial charge in [-0.2, -0.15) is 4.98 Å². The van der Waals surface area contributed by atoms with E-state index in [0.29, 0.717) is 18.9 Å². The third-order valence-electron chi connectivity index (χ3n) is 3.92. The van der Waals surface area contributed by atoms with Gasteiger partial charge in [0.25, 0.3) is 0 Å². The summed E-state index contributed by atoms with van der Waals surface area (Å²) in [7, 11) is 1.66. The summed E-state index contributed by atoms with van der Waals surface area (Å²) in [4.78, 5) is 5.77. The zero-order chi connectivity index (χ0) is 15.6. The molecule has 0 saturated heterocycles. The van der Waals surface area contributed by atoms with Crippen molar-refractivity contribution in [3.63, 3.8) is 0 Å². The van der Waals surface area contributed by atoms with Crippen molar-refractivity contribution >= 4 is 11.3 Å². The third kappa shape index (κ3) is 2.94. The highest BCUT2D eigenvalue weighted by Gasteiger charge is 2.26. The maximum Gasteiger partial charge on any atom is 0.233 e. The van der Waals surface area contributed by atoms with Crippen molar-refractivity contribution in [1.82, 2.24) is 10.1 Å². The summed E-state index contributed by atoms with van der Waals surface area (Å²) in [5.41, 5.74) is 1.11. The van der Waals surface area contributed by atoms with Crippen LogP contribution in [0, 0.1) is 0 Å².